The van der Waals surface area contributed by atoms with Crippen molar-refractivity contribution in [3.8, 4) is 22.3 Å². The van der Waals surface area contributed by atoms with Crippen molar-refractivity contribution < 1.29 is 0 Å². The summed E-state index contributed by atoms with van der Waals surface area (Å²) in [7, 11) is 0. The molecule has 0 N–H and O–H groups in total. The fraction of sp³-hybridized carbons (Fsp3) is 0.125. The number of rotatable bonds is 2. The van der Waals surface area contributed by atoms with Gasteiger partial charge in [-0.05, 0) is 36.8 Å². The fourth-order valence-corrected chi connectivity index (χ4v) is 6.56. The van der Waals surface area contributed by atoms with Crippen molar-refractivity contribution in [3.05, 3.63) is 116 Å². The Morgan fingerprint density at radius 2 is 0.972 bits per heavy atom. The van der Waals surface area contributed by atoms with E-state index in [0.717, 1.165) is 81.1 Å². The molecule has 0 fully saturated rings. The first-order valence-electron chi connectivity index (χ1n) is 12.6. The first-order chi connectivity index (χ1) is 17.8. The summed E-state index contributed by atoms with van der Waals surface area (Å²) in [5, 5.41) is 1.82. The van der Waals surface area contributed by atoms with Gasteiger partial charge in [0, 0.05) is 33.3 Å². The molecule has 172 valence electrons. The molecule has 0 radical (unpaired) electrons. The Hall–Kier alpha value is -4.44. The average molecular weight is 467 g/mol. The number of pyridine rings is 2. The quantitative estimate of drug-likeness (QED) is 0.305. The number of hydrogen-bond acceptors (Lipinski definition) is 2. The third kappa shape index (κ3) is 2.34. The van der Waals surface area contributed by atoms with Crippen LogP contribution >= 0.6 is 0 Å². The van der Waals surface area contributed by atoms with Crippen LogP contribution in [0.5, 0.6) is 0 Å². The van der Waals surface area contributed by atoms with E-state index >= 15 is 0 Å². The molecule has 0 unspecified atom stereocenters. The van der Waals surface area contributed by atoms with Crippen LogP contribution in [0.15, 0.2) is 82.4 Å². The second-order valence-electron chi connectivity index (χ2n) is 9.81. The molecule has 0 amide bonds. The van der Waals surface area contributed by atoms with Crippen molar-refractivity contribution in [1.82, 2.24) is 8.80 Å². The van der Waals surface area contributed by atoms with Crippen molar-refractivity contribution >= 4 is 34.0 Å². The lowest BCUT2D eigenvalue weighted by atomic mass is 9.95. The number of benzene rings is 2. The van der Waals surface area contributed by atoms with Gasteiger partial charge in [-0.25, -0.2) is 0 Å². The third-order valence-corrected chi connectivity index (χ3v) is 7.97. The molecule has 4 heteroatoms. The molecule has 0 spiro atoms. The molecule has 6 aromatic rings. The Labute approximate surface area is 206 Å². The first kappa shape index (κ1) is 19.8. The van der Waals surface area contributed by atoms with Crippen LogP contribution in [0.1, 0.15) is 35.4 Å². The van der Waals surface area contributed by atoms with Gasteiger partial charge in [-0.3, -0.25) is 18.4 Å². The van der Waals surface area contributed by atoms with Crippen LogP contribution in [0.2, 0.25) is 0 Å². The Balaban J connectivity index is 1.74. The maximum atomic E-state index is 14.5. The highest BCUT2D eigenvalue weighted by Crippen LogP contribution is 2.44. The lowest BCUT2D eigenvalue weighted by molar-refractivity contribution is 0.888. The fourth-order valence-electron chi connectivity index (χ4n) is 6.56. The summed E-state index contributed by atoms with van der Waals surface area (Å²) < 4.78 is 3.86. The maximum Gasteiger partial charge on any atom is 0.264 e. The van der Waals surface area contributed by atoms with Crippen molar-refractivity contribution in [2.75, 3.05) is 0 Å². The highest BCUT2D eigenvalue weighted by Gasteiger charge is 2.32. The largest absolute Gasteiger partial charge is 0.277 e. The summed E-state index contributed by atoms with van der Waals surface area (Å²) >= 11 is 0. The summed E-state index contributed by atoms with van der Waals surface area (Å²) in [6.07, 6.45) is 11.9. The summed E-state index contributed by atoms with van der Waals surface area (Å²) in [6.45, 7) is 0. The van der Waals surface area contributed by atoms with E-state index in [0.29, 0.717) is 11.1 Å². The summed E-state index contributed by atoms with van der Waals surface area (Å²) in [6, 6.07) is 19.9. The van der Waals surface area contributed by atoms with E-state index in [9.17, 15) is 9.59 Å². The zero-order chi connectivity index (χ0) is 24.0. The minimum Gasteiger partial charge on any atom is -0.277 e. The lowest BCUT2D eigenvalue weighted by Gasteiger charge is -2.12. The van der Waals surface area contributed by atoms with E-state index in [2.05, 4.69) is 24.3 Å². The average Bonchev–Trinajstić information content (AvgIpc) is 3.45. The van der Waals surface area contributed by atoms with Gasteiger partial charge in [-0.1, -0.05) is 85.0 Å². The van der Waals surface area contributed by atoms with Crippen LogP contribution in [0.3, 0.4) is 0 Å². The molecule has 2 aromatic carbocycles. The van der Waals surface area contributed by atoms with E-state index in [-0.39, 0.29) is 11.1 Å². The smallest absolute Gasteiger partial charge is 0.264 e. The maximum absolute atomic E-state index is 14.5. The van der Waals surface area contributed by atoms with Crippen LogP contribution < -0.4 is 11.1 Å². The summed E-state index contributed by atoms with van der Waals surface area (Å²) in [5.41, 5.74) is 8.98. The van der Waals surface area contributed by atoms with Gasteiger partial charge in [-0.15, -0.1) is 0 Å². The Morgan fingerprint density at radius 3 is 1.39 bits per heavy atom. The molecule has 2 aliphatic rings. The predicted octanol–water partition coefficient (Wildman–Crippen LogP) is 6.19. The monoisotopic (exact) mass is 466 g/mol. The molecule has 0 atom stereocenters. The Kier molecular flexibility index (Phi) is 3.88. The zero-order valence-corrected chi connectivity index (χ0v) is 19.6. The van der Waals surface area contributed by atoms with Crippen molar-refractivity contribution in [2.45, 2.75) is 25.7 Å². The minimum atomic E-state index is 0.00202. The molecular formula is C32H22N2O2. The summed E-state index contributed by atoms with van der Waals surface area (Å²) in [5.74, 6) is 0. The molecule has 8 rings (SSSR count). The van der Waals surface area contributed by atoms with E-state index in [1.54, 1.807) is 0 Å². The first-order valence-corrected chi connectivity index (χ1v) is 12.6. The molecule has 4 nitrogen and oxygen atoms in total. The van der Waals surface area contributed by atoms with Crippen LogP contribution in [0, 0.1) is 0 Å². The molecule has 4 aromatic heterocycles. The van der Waals surface area contributed by atoms with Gasteiger partial charge in [0.25, 0.3) is 11.1 Å². The zero-order valence-electron chi connectivity index (χ0n) is 19.6. The molecule has 4 heterocycles. The van der Waals surface area contributed by atoms with Crippen molar-refractivity contribution in [3.63, 3.8) is 0 Å². The van der Waals surface area contributed by atoms with Crippen LogP contribution in [0.25, 0.3) is 56.2 Å². The normalized spacial score (nSPS) is 14.8. The predicted molar refractivity (Wildman–Crippen MR) is 146 cm³/mol. The van der Waals surface area contributed by atoms with Crippen LogP contribution in [-0.2, 0) is 12.8 Å². The third-order valence-electron chi connectivity index (χ3n) is 7.97. The number of hydrogen-bond donors (Lipinski definition) is 0. The Morgan fingerprint density at radius 1 is 0.556 bits per heavy atom. The van der Waals surface area contributed by atoms with Gasteiger partial charge in [0.05, 0.1) is 22.2 Å². The minimum absolute atomic E-state index is 0.00202. The number of nitrogens with zero attached hydrogens (tertiary/aromatic N) is 2. The van der Waals surface area contributed by atoms with Gasteiger partial charge in [0.15, 0.2) is 0 Å². The lowest BCUT2D eigenvalue weighted by Crippen LogP contribution is -2.21. The molecule has 36 heavy (non-hydrogen) atoms. The number of allylic oxidation sites excluding steroid dienone is 2. The molecule has 0 aliphatic heterocycles. The van der Waals surface area contributed by atoms with E-state index in [4.69, 9.17) is 0 Å². The van der Waals surface area contributed by atoms with E-state index in [1.165, 1.54) is 0 Å². The highest BCUT2D eigenvalue weighted by atomic mass is 16.1. The van der Waals surface area contributed by atoms with Crippen LogP contribution in [-0.4, -0.2) is 8.80 Å². The Bertz CT molecular complexity index is 1860. The topological polar surface area (TPSA) is 43.0 Å². The van der Waals surface area contributed by atoms with Gasteiger partial charge in [0.1, 0.15) is 0 Å². The van der Waals surface area contributed by atoms with Gasteiger partial charge >= 0.3 is 0 Å². The van der Waals surface area contributed by atoms with Gasteiger partial charge < -0.3 is 0 Å². The van der Waals surface area contributed by atoms with Gasteiger partial charge in [-0.2, -0.15) is 0 Å². The number of aryl methyl sites for hydroxylation is 2. The SMILES string of the molecule is O=c1c(-c2ccccc2)c2c3c(n4c(=O)c(-c5ccccc5)c5c6c(n1c5c24)CCC=C6)CCC=C3. The highest BCUT2D eigenvalue weighted by molar-refractivity contribution is 6.18. The molecule has 2 aliphatic carbocycles. The van der Waals surface area contributed by atoms with Crippen LogP contribution in [0.4, 0.5) is 0 Å². The number of aromatic nitrogens is 2. The standard InChI is InChI=1S/C32H22N2O2/c35-31-25(19-11-3-1-4-12-19)27-21-15-7-9-17-23(21)34-29(27)30-28(22-16-8-10-18-24(22)33(30)31)26(32(34)36)20-13-5-2-6-14-20/h1-8,11-16H,9-10,17-18H2. The molecule has 0 bridgehead atoms. The molecule has 0 saturated carbocycles. The second kappa shape index (κ2) is 7.05. The van der Waals surface area contributed by atoms with Crippen molar-refractivity contribution in [1.29, 1.82) is 0 Å². The second-order valence-corrected chi connectivity index (χ2v) is 9.81. The summed E-state index contributed by atoms with van der Waals surface area (Å²) in [4.78, 5) is 29.0. The van der Waals surface area contributed by atoms with Crippen molar-refractivity contribution in [2.24, 2.45) is 0 Å². The van der Waals surface area contributed by atoms with E-state index < -0.39 is 0 Å². The van der Waals surface area contributed by atoms with Gasteiger partial charge in [0.2, 0.25) is 0 Å². The number of fused-ring (bicyclic) bond motifs is 6. The molecule has 0 saturated heterocycles. The van der Waals surface area contributed by atoms with E-state index in [1.807, 2.05) is 69.5 Å². The molecular weight excluding hydrogens is 444 g/mol.